The van der Waals surface area contributed by atoms with E-state index in [4.69, 9.17) is 4.74 Å². The number of alkyl halides is 3. The molecule has 2 atom stereocenters. The third kappa shape index (κ3) is 5.40. The van der Waals surface area contributed by atoms with Gasteiger partial charge in [-0.1, -0.05) is 0 Å². The van der Waals surface area contributed by atoms with Crippen LogP contribution in [0.15, 0.2) is 42.6 Å². The van der Waals surface area contributed by atoms with E-state index in [0.29, 0.717) is 21.9 Å². The van der Waals surface area contributed by atoms with Crippen LogP contribution in [0.1, 0.15) is 40.1 Å². The number of rotatable bonds is 6. The lowest BCUT2D eigenvalue weighted by atomic mass is 10.0. The molecule has 1 saturated heterocycles. The number of methoxy groups -OCH3 is 1. The van der Waals surface area contributed by atoms with Gasteiger partial charge in [-0.25, -0.2) is 22.7 Å². The van der Waals surface area contributed by atoms with Crippen LogP contribution in [0, 0.1) is 24.4 Å². The number of fused-ring (bicyclic) bond motifs is 1. The third-order valence-electron chi connectivity index (χ3n) is 7.69. The first kappa shape index (κ1) is 30.3. The molecule has 0 spiro atoms. The predicted molar refractivity (Wildman–Crippen MR) is 143 cm³/mol. The molecule has 0 bridgehead atoms. The molecule has 8 nitrogen and oxygen atoms in total. The molecular formula is C29H27F6N5O3. The molecule has 0 radical (unpaired) electrons. The van der Waals surface area contributed by atoms with Gasteiger partial charge < -0.3 is 14.7 Å². The Hall–Kier alpha value is -4.17. The van der Waals surface area contributed by atoms with Crippen molar-refractivity contribution in [3.8, 4) is 17.0 Å². The number of aromatic nitrogens is 3. The Morgan fingerprint density at radius 3 is 2.37 bits per heavy atom. The van der Waals surface area contributed by atoms with Gasteiger partial charge in [-0.05, 0) is 50.2 Å². The number of nitrogens with zero attached hydrogens (tertiary/aromatic N) is 5. The second kappa shape index (κ2) is 11.5. The van der Waals surface area contributed by atoms with Crippen molar-refractivity contribution in [3.63, 3.8) is 0 Å². The highest BCUT2D eigenvalue weighted by atomic mass is 19.4. The third-order valence-corrected chi connectivity index (χ3v) is 7.69. The summed E-state index contributed by atoms with van der Waals surface area (Å²) in [7, 11) is 1.46. The molecule has 5 rings (SSSR count). The van der Waals surface area contributed by atoms with Crippen molar-refractivity contribution in [2.75, 3.05) is 33.4 Å². The van der Waals surface area contributed by atoms with Crippen molar-refractivity contribution in [2.45, 2.75) is 32.1 Å². The summed E-state index contributed by atoms with van der Waals surface area (Å²) in [6, 6.07) is 5.87. The van der Waals surface area contributed by atoms with Crippen molar-refractivity contribution in [3.05, 3.63) is 82.4 Å². The second-order valence-electron chi connectivity index (χ2n) is 10.3. The second-order valence-corrected chi connectivity index (χ2v) is 10.3. The molecule has 228 valence electrons. The maximum Gasteiger partial charge on any atom is 0.433 e. The summed E-state index contributed by atoms with van der Waals surface area (Å²) in [6.45, 7) is 2.26. The minimum Gasteiger partial charge on any atom is -0.497 e. The Balaban J connectivity index is 1.49. The van der Waals surface area contributed by atoms with Crippen LogP contribution >= 0.6 is 0 Å². The van der Waals surface area contributed by atoms with Crippen LogP contribution in [0.4, 0.5) is 26.3 Å². The number of ether oxygens (including phenoxy) is 1. The van der Waals surface area contributed by atoms with Gasteiger partial charge >= 0.3 is 6.18 Å². The summed E-state index contributed by atoms with van der Waals surface area (Å²) in [5, 5.41) is 13.8. The summed E-state index contributed by atoms with van der Waals surface area (Å²) in [6.07, 6.45) is -3.79. The van der Waals surface area contributed by atoms with E-state index in [9.17, 15) is 36.2 Å². The topological polar surface area (TPSA) is 83.2 Å². The van der Waals surface area contributed by atoms with Crippen molar-refractivity contribution >= 4 is 11.6 Å². The number of carbonyl (C=O) groups is 1. The van der Waals surface area contributed by atoms with Crippen LogP contribution < -0.4 is 4.74 Å². The summed E-state index contributed by atoms with van der Waals surface area (Å²) in [5.41, 5.74) is -1.95. The maximum absolute atomic E-state index is 14.5. The number of halogens is 6. The molecule has 43 heavy (non-hydrogen) atoms. The van der Waals surface area contributed by atoms with Gasteiger partial charge in [0, 0.05) is 42.4 Å². The van der Waals surface area contributed by atoms with E-state index in [1.165, 1.54) is 23.8 Å². The SMILES string of the molecule is COc1ccc(-c2nc3c(C(=O)N4CCN(C(CO)c5c(F)ccc(F)c5F)C[C@H]4C)cnn3c(C(F)(F)F)c2C)cc1. The quantitative estimate of drug-likeness (QED) is 0.245. The van der Waals surface area contributed by atoms with Crippen LogP contribution in [0.2, 0.25) is 0 Å². The highest BCUT2D eigenvalue weighted by Gasteiger charge is 2.40. The Morgan fingerprint density at radius 2 is 1.77 bits per heavy atom. The van der Waals surface area contributed by atoms with Crippen LogP contribution in [-0.2, 0) is 6.18 Å². The van der Waals surface area contributed by atoms with Crippen molar-refractivity contribution in [1.29, 1.82) is 0 Å². The Morgan fingerprint density at radius 1 is 1.09 bits per heavy atom. The number of piperazine rings is 1. The summed E-state index contributed by atoms with van der Waals surface area (Å²) >= 11 is 0. The van der Waals surface area contributed by atoms with Crippen LogP contribution in [0.5, 0.6) is 5.75 Å². The van der Waals surface area contributed by atoms with Crippen molar-refractivity contribution in [2.24, 2.45) is 0 Å². The highest BCUT2D eigenvalue weighted by molar-refractivity contribution is 6.00. The molecule has 1 aliphatic heterocycles. The first-order chi connectivity index (χ1) is 20.4. The molecule has 4 aromatic rings. The molecule has 0 aliphatic carbocycles. The van der Waals surface area contributed by atoms with Gasteiger partial charge in [-0.15, -0.1) is 0 Å². The molecule has 1 N–H and O–H groups in total. The fourth-order valence-electron chi connectivity index (χ4n) is 5.55. The first-order valence-electron chi connectivity index (χ1n) is 13.3. The number of amides is 1. The summed E-state index contributed by atoms with van der Waals surface area (Å²) < 4.78 is 91.5. The molecule has 3 heterocycles. The normalized spacial score (nSPS) is 17.0. The van der Waals surface area contributed by atoms with Crippen LogP contribution in [0.3, 0.4) is 0 Å². The minimum absolute atomic E-state index is 0.00425. The highest BCUT2D eigenvalue weighted by Crippen LogP contribution is 2.37. The fourth-order valence-corrected chi connectivity index (χ4v) is 5.55. The molecular weight excluding hydrogens is 580 g/mol. The average molecular weight is 608 g/mol. The number of benzene rings is 2. The number of carbonyl (C=O) groups excluding carboxylic acids is 1. The number of aliphatic hydroxyl groups excluding tert-OH is 1. The van der Waals surface area contributed by atoms with Crippen molar-refractivity contribution in [1.82, 2.24) is 24.4 Å². The molecule has 1 unspecified atom stereocenters. The largest absolute Gasteiger partial charge is 0.497 e. The van der Waals surface area contributed by atoms with Gasteiger partial charge in [0.25, 0.3) is 5.91 Å². The molecule has 2 aromatic heterocycles. The van der Waals surface area contributed by atoms with Gasteiger partial charge in [-0.2, -0.15) is 18.3 Å². The summed E-state index contributed by atoms with van der Waals surface area (Å²) in [4.78, 5) is 21.1. The molecule has 1 aliphatic rings. The predicted octanol–water partition coefficient (Wildman–Crippen LogP) is 5.03. The summed E-state index contributed by atoms with van der Waals surface area (Å²) in [5.74, 6) is -3.84. The number of hydrogen-bond donors (Lipinski definition) is 1. The fraction of sp³-hybridized carbons (Fsp3) is 0.345. The van der Waals surface area contributed by atoms with Gasteiger partial charge in [0.1, 0.15) is 17.1 Å². The minimum atomic E-state index is -4.82. The molecule has 0 saturated carbocycles. The molecule has 1 amide bonds. The zero-order valence-electron chi connectivity index (χ0n) is 23.3. The maximum atomic E-state index is 14.5. The average Bonchev–Trinajstić information content (AvgIpc) is 3.39. The Bertz CT molecular complexity index is 1670. The van der Waals surface area contributed by atoms with E-state index >= 15 is 0 Å². The van der Waals surface area contributed by atoms with Gasteiger partial charge in [0.2, 0.25) is 0 Å². The van der Waals surface area contributed by atoms with E-state index in [1.807, 2.05) is 0 Å². The monoisotopic (exact) mass is 607 g/mol. The van der Waals surface area contributed by atoms with Gasteiger partial charge in [0.15, 0.2) is 23.0 Å². The Kier molecular flexibility index (Phi) is 8.09. The molecule has 2 aromatic carbocycles. The van der Waals surface area contributed by atoms with E-state index < -0.39 is 59.5 Å². The lowest BCUT2D eigenvalue weighted by molar-refractivity contribution is -0.143. The number of hydrogen-bond acceptors (Lipinski definition) is 6. The smallest absolute Gasteiger partial charge is 0.433 e. The van der Waals surface area contributed by atoms with Crippen molar-refractivity contribution < 1.29 is 41.0 Å². The van der Waals surface area contributed by atoms with Crippen LogP contribution in [0.25, 0.3) is 16.9 Å². The lowest BCUT2D eigenvalue weighted by Crippen LogP contribution is -2.55. The van der Waals surface area contributed by atoms with Gasteiger partial charge in [-0.3, -0.25) is 9.69 Å². The van der Waals surface area contributed by atoms with E-state index in [-0.39, 0.29) is 42.1 Å². The lowest BCUT2D eigenvalue weighted by Gasteiger charge is -2.43. The van der Waals surface area contributed by atoms with Gasteiger partial charge in [0.05, 0.1) is 31.6 Å². The molecule has 1 fully saturated rings. The first-order valence-corrected chi connectivity index (χ1v) is 13.3. The van der Waals surface area contributed by atoms with E-state index in [2.05, 4.69) is 10.1 Å². The van der Waals surface area contributed by atoms with E-state index in [1.54, 1.807) is 31.2 Å². The zero-order chi connectivity index (χ0) is 31.2. The zero-order valence-corrected chi connectivity index (χ0v) is 23.3. The number of aliphatic hydroxyl groups is 1. The Labute approximate surface area is 242 Å². The van der Waals surface area contributed by atoms with E-state index in [0.717, 1.165) is 12.3 Å². The van der Waals surface area contributed by atoms with Crippen LogP contribution in [-0.4, -0.2) is 74.8 Å². The standard InChI is InChI=1S/C29H27F6N5O3/c1-15-13-38(22(14-41)23-20(30)8-9-21(31)24(23)32)10-11-39(15)28(42)19-12-36-40-26(29(33,34)35)16(2)25(37-27(19)40)17-4-6-18(43-3)7-5-17/h4-9,12,15,22,41H,10-11,13-14H2,1-3H3/t15-,22?/m1/s1. The molecule has 14 heteroatoms.